The Morgan fingerprint density at radius 1 is 1.14 bits per heavy atom. The molecule has 6 nitrogen and oxygen atoms in total. The minimum atomic E-state index is -3.72. The molecule has 2 unspecified atom stereocenters. The number of carbonyl (C=O) groups is 1. The molecule has 1 heterocycles. The Labute approximate surface area is 170 Å². The summed E-state index contributed by atoms with van der Waals surface area (Å²) < 4.78 is 33.1. The summed E-state index contributed by atoms with van der Waals surface area (Å²) in [6.45, 7) is 6.06. The number of benzene rings is 2. The fourth-order valence-corrected chi connectivity index (χ4v) is 5.02. The van der Waals surface area contributed by atoms with Gasteiger partial charge in [0.1, 0.15) is 0 Å². The fraction of sp³-hybridized carbons (Fsp3) is 0.350. The SMILES string of the molecule is Cc1c(Cl)cccc1NC(=O)c1cccc(S(=O)(=O)N2CC(C)OC(C)C2)c1. The van der Waals surface area contributed by atoms with Crippen LogP contribution >= 0.6 is 11.6 Å². The number of halogens is 1. The highest BCUT2D eigenvalue weighted by Gasteiger charge is 2.32. The quantitative estimate of drug-likeness (QED) is 0.815. The largest absolute Gasteiger partial charge is 0.373 e. The van der Waals surface area contributed by atoms with Gasteiger partial charge in [0.2, 0.25) is 10.0 Å². The Morgan fingerprint density at radius 2 is 1.79 bits per heavy atom. The summed E-state index contributed by atoms with van der Waals surface area (Å²) in [7, 11) is -3.72. The van der Waals surface area contributed by atoms with E-state index in [0.717, 1.165) is 5.56 Å². The molecule has 0 spiro atoms. The second-order valence-corrected chi connectivity index (χ2v) is 9.32. The number of nitrogens with zero attached hydrogens (tertiary/aromatic N) is 1. The molecule has 0 aliphatic carbocycles. The van der Waals surface area contributed by atoms with Crippen molar-refractivity contribution in [3.63, 3.8) is 0 Å². The minimum Gasteiger partial charge on any atom is -0.373 e. The number of nitrogens with one attached hydrogen (secondary N) is 1. The number of hydrogen-bond acceptors (Lipinski definition) is 4. The van der Waals surface area contributed by atoms with Gasteiger partial charge < -0.3 is 10.1 Å². The van der Waals surface area contributed by atoms with Crippen molar-refractivity contribution in [2.45, 2.75) is 37.9 Å². The Hall–Kier alpha value is -1.93. The zero-order valence-corrected chi connectivity index (χ0v) is 17.5. The van der Waals surface area contributed by atoms with Crippen molar-refractivity contribution in [2.75, 3.05) is 18.4 Å². The van der Waals surface area contributed by atoms with Crippen LogP contribution in [0.15, 0.2) is 47.4 Å². The van der Waals surface area contributed by atoms with Crippen LogP contribution in [0.5, 0.6) is 0 Å². The number of hydrogen-bond donors (Lipinski definition) is 1. The van der Waals surface area contributed by atoms with Gasteiger partial charge in [0.05, 0.1) is 17.1 Å². The zero-order chi connectivity index (χ0) is 20.5. The molecule has 2 atom stereocenters. The number of anilines is 1. The zero-order valence-electron chi connectivity index (χ0n) is 16.0. The summed E-state index contributed by atoms with van der Waals surface area (Å²) >= 11 is 6.09. The highest BCUT2D eigenvalue weighted by atomic mass is 35.5. The fourth-order valence-electron chi connectivity index (χ4n) is 3.21. The van der Waals surface area contributed by atoms with Crippen LogP contribution in [-0.2, 0) is 14.8 Å². The maximum atomic E-state index is 13.0. The van der Waals surface area contributed by atoms with Crippen LogP contribution in [0.4, 0.5) is 5.69 Å². The molecule has 0 bridgehead atoms. The van der Waals surface area contributed by atoms with E-state index in [1.807, 2.05) is 13.8 Å². The summed E-state index contributed by atoms with van der Waals surface area (Å²) in [6.07, 6.45) is -0.369. The molecule has 0 radical (unpaired) electrons. The molecule has 2 aromatic rings. The highest BCUT2D eigenvalue weighted by Crippen LogP contribution is 2.25. The molecule has 150 valence electrons. The number of rotatable bonds is 4. The van der Waals surface area contributed by atoms with Crippen LogP contribution in [-0.4, -0.2) is 43.9 Å². The maximum Gasteiger partial charge on any atom is 0.255 e. The van der Waals surface area contributed by atoms with Crippen LogP contribution in [0.25, 0.3) is 0 Å². The standard InChI is InChI=1S/C20H23ClN2O4S/c1-13-11-23(12-14(2)27-13)28(25,26)17-7-4-6-16(10-17)20(24)22-19-9-5-8-18(21)15(19)3/h4-10,13-14H,11-12H2,1-3H3,(H,22,24). The second kappa shape index (κ2) is 8.21. The van der Waals surface area contributed by atoms with E-state index in [4.69, 9.17) is 16.3 Å². The third kappa shape index (κ3) is 4.38. The lowest BCUT2D eigenvalue weighted by Gasteiger charge is -2.34. The van der Waals surface area contributed by atoms with Gasteiger partial charge in [-0.1, -0.05) is 23.7 Å². The molecule has 8 heteroatoms. The van der Waals surface area contributed by atoms with Crippen molar-refractivity contribution in [1.82, 2.24) is 4.31 Å². The Balaban J connectivity index is 1.85. The third-order valence-corrected chi connectivity index (χ3v) is 6.87. The number of morpholine rings is 1. The van der Waals surface area contributed by atoms with E-state index in [1.165, 1.54) is 16.4 Å². The summed E-state index contributed by atoms with van der Waals surface area (Å²) in [5.74, 6) is -0.397. The normalized spacial score (nSPS) is 20.7. The summed E-state index contributed by atoms with van der Waals surface area (Å²) in [4.78, 5) is 12.7. The van der Waals surface area contributed by atoms with Gasteiger partial charge in [-0.25, -0.2) is 8.42 Å². The molecular weight excluding hydrogens is 400 g/mol. The molecule has 28 heavy (non-hydrogen) atoms. The third-order valence-electron chi connectivity index (χ3n) is 4.64. The van der Waals surface area contributed by atoms with Crippen molar-refractivity contribution < 1.29 is 17.9 Å². The lowest BCUT2D eigenvalue weighted by molar-refractivity contribution is -0.0440. The average molecular weight is 423 g/mol. The van der Waals surface area contributed by atoms with E-state index < -0.39 is 15.9 Å². The van der Waals surface area contributed by atoms with E-state index in [1.54, 1.807) is 37.3 Å². The van der Waals surface area contributed by atoms with Crippen LogP contribution in [0.3, 0.4) is 0 Å². The first-order chi connectivity index (χ1) is 13.2. The van der Waals surface area contributed by atoms with Gasteiger partial charge in [0.25, 0.3) is 5.91 Å². The second-order valence-electron chi connectivity index (χ2n) is 6.97. The van der Waals surface area contributed by atoms with Crippen LogP contribution in [0, 0.1) is 6.92 Å². The highest BCUT2D eigenvalue weighted by molar-refractivity contribution is 7.89. The molecule has 1 aliphatic heterocycles. The van der Waals surface area contributed by atoms with Gasteiger partial charge >= 0.3 is 0 Å². The van der Waals surface area contributed by atoms with Crippen molar-refractivity contribution in [3.8, 4) is 0 Å². The van der Waals surface area contributed by atoms with Crippen molar-refractivity contribution >= 4 is 33.2 Å². The van der Waals surface area contributed by atoms with E-state index in [-0.39, 0.29) is 35.8 Å². The molecule has 3 rings (SSSR count). The van der Waals surface area contributed by atoms with Gasteiger partial charge in [-0.05, 0) is 56.7 Å². The summed E-state index contributed by atoms with van der Waals surface area (Å²) in [6, 6.07) is 11.3. The molecule has 1 saturated heterocycles. The Bertz CT molecular complexity index is 983. The first-order valence-corrected chi connectivity index (χ1v) is 10.8. The summed E-state index contributed by atoms with van der Waals surface area (Å²) in [5, 5.41) is 3.33. The van der Waals surface area contributed by atoms with Gasteiger partial charge in [0, 0.05) is 29.4 Å². The first kappa shape index (κ1) is 20.8. The summed E-state index contributed by atoms with van der Waals surface area (Å²) in [5.41, 5.74) is 1.59. The number of ether oxygens (including phenoxy) is 1. The molecule has 0 saturated carbocycles. The smallest absolute Gasteiger partial charge is 0.255 e. The predicted octanol–water partition coefficient (Wildman–Crippen LogP) is 3.70. The molecule has 1 aliphatic rings. The van der Waals surface area contributed by atoms with Crippen molar-refractivity contribution in [1.29, 1.82) is 0 Å². The predicted molar refractivity (Wildman–Crippen MR) is 109 cm³/mol. The van der Waals surface area contributed by atoms with Crippen LogP contribution in [0.1, 0.15) is 29.8 Å². The minimum absolute atomic E-state index is 0.0873. The molecule has 2 aromatic carbocycles. The lowest BCUT2D eigenvalue weighted by Crippen LogP contribution is -2.48. The van der Waals surface area contributed by atoms with Crippen molar-refractivity contribution in [3.05, 3.63) is 58.6 Å². The monoisotopic (exact) mass is 422 g/mol. The van der Waals surface area contributed by atoms with E-state index in [0.29, 0.717) is 10.7 Å². The molecule has 1 amide bonds. The van der Waals surface area contributed by atoms with Gasteiger partial charge in [-0.2, -0.15) is 4.31 Å². The molecule has 1 fully saturated rings. The van der Waals surface area contributed by atoms with Gasteiger partial charge in [-0.3, -0.25) is 4.79 Å². The molecule has 1 N–H and O–H groups in total. The van der Waals surface area contributed by atoms with E-state index in [9.17, 15) is 13.2 Å². The van der Waals surface area contributed by atoms with E-state index in [2.05, 4.69) is 5.32 Å². The van der Waals surface area contributed by atoms with Crippen LogP contribution < -0.4 is 5.32 Å². The van der Waals surface area contributed by atoms with Crippen LogP contribution in [0.2, 0.25) is 5.02 Å². The maximum absolute atomic E-state index is 13.0. The topological polar surface area (TPSA) is 75.7 Å². The van der Waals surface area contributed by atoms with Gasteiger partial charge in [-0.15, -0.1) is 0 Å². The van der Waals surface area contributed by atoms with Gasteiger partial charge in [0.15, 0.2) is 0 Å². The Kier molecular flexibility index (Phi) is 6.09. The molecule has 0 aromatic heterocycles. The first-order valence-electron chi connectivity index (χ1n) is 9.00. The number of sulfonamides is 1. The number of amides is 1. The Morgan fingerprint density at radius 3 is 2.46 bits per heavy atom. The van der Waals surface area contributed by atoms with E-state index >= 15 is 0 Å². The average Bonchev–Trinajstić information content (AvgIpc) is 2.64. The lowest BCUT2D eigenvalue weighted by atomic mass is 10.1. The van der Waals surface area contributed by atoms with Crippen molar-refractivity contribution in [2.24, 2.45) is 0 Å². The number of carbonyl (C=O) groups excluding carboxylic acids is 1. The molecular formula is C20H23ClN2O4S.